The summed E-state index contributed by atoms with van der Waals surface area (Å²) in [5.74, 6) is -1.06. The zero-order valence-corrected chi connectivity index (χ0v) is 12.4. The van der Waals surface area contributed by atoms with Crippen molar-refractivity contribution >= 4 is 28.8 Å². The zero-order valence-electron chi connectivity index (χ0n) is 11.6. The van der Waals surface area contributed by atoms with Gasteiger partial charge < -0.3 is 9.84 Å². The maximum atomic E-state index is 12.1. The molecule has 0 spiro atoms. The van der Waals surface area contributed by atoms with Crippen molar-refractivity contribution in [2.75, 3.05) is 0 Å². The Kier molecular flexibility index (Phi) is 4.95. The van der Waals surface area contributed by atoms with E-state index in [1.165, 1.54) is 19.1 Å². The average Bonchev–Trinajstić information content (AvgIpc) is 2.48. The number of carbonyl (C=O) groups is 3. The van der Waals surface area contributed by atoms with Crippen molar-refractivity contribution in [3.8, 4) is 5.75 Å². The minimum absolute atomic E-state index is 0.169. The first kappa shape index (κ1) is 15.8. The van der Waals surface area contributed by atoms with E-state index in [-0.39, 0.29) is 10.7 Å². The quantitative estimate of drug-likeness (QED) is 0.530. The average molecular weight is 316 g/mol. The summed E-state index contributed by atoms with van der Waals surface area (Å²) in [4.78, 5) is 34.3. The fourth-order valence-electron chi connectivity index (χ4n) is 1.66. The Morgan fingerprint density at radius 1 is 0.909 bits per heavy atom. The Labute approximate surface area is 130 Å². The molecule has 0 aliphatic rings. The molecule has 0 amide bonds. The molecular weight excluding hydrogens is 304 g/mol. The van der Waals surface area contributed by atoms with Crippen molar-refractivity contribution in [3.63, 3.8) is 0 Å². The van der Waals surface area contributed by atoms with E-state index >= 15 is 0 Å². The van der Waals surface area contributed by atoms with Crippen LogP contribution in [0.2, 0.25) is 0 Å². The van der Waals surface area contributed by atoms with Crippen LogP contribution in [0.25, 0.3) is 0 Å². The smallest absolute Gasteiger partial charge is 0.335 e. The van der Waals surface area contributed by atoms with Crippen molar-refractivity contribution in [3.05, 3.63) is 59.7 Å². The summed E-state index contributed by atoms with van der Waals surface area (Å²) in [5.41, 5.74) is 0.630. The maximum Gasteiger partial charge on any atom is 0.335 e. The number of aromatic carboxylic acids is 1. The number of esters is 1. The second-order valence-corrected chi connectivity index (χ2v) is 5.38. The van der Waals surface area contributed by atoms with Gasteiger partial charge in [0.1, 0.15) is 5.75 Å². The third kappa shape index (κ3) is 4.20. The monoisotopic (exact) mass is 316 g/mol. The third-order valence-electron chi connectivity index (χ3n) is 2.66. The van der Waals surface area contributed by atoms with Crippen LogP contribution in [-0.2, 0) is 4.79 Å². The maximum absolute atomic E-state index is 12.1. The highest BCUT2D eigenvalue weighted by atomic mass is 32.2. The fourth-order valence-corrected chi connectivity index (χ4v) is 2.40. The van der Waals surface area contributed by atoms with Crippen LogP contribution in [0.3, 0.4) is 0 Å². The lowest BCUT2D eigenvalue weighted by Gasteiger charge is -2.04. The first-order valence-corrected chi connectivity index (χ1v) is 7.11. The molecule has 0 unspecified atom stereocenters. The van der Waals surface area contributed by atoms with E-state index in [4.69, 9.17) is 9.84 Å². The summed E-state index contributed by atoms with van der Waals surface area (Å²) in [6, 6.07) is 12.3. The molecule has 6 heteroatoms. The van der Waals surface area contributed by atoms with Crippen LogP contribution in [0.5, 0.6) is 5.75 Å². The van der Waals surface area contributed by atoms with Crippen LogP contribution in [0, 0.1) is 0 Å². The summed E-state index contributed by atoms with van der Waals surface area (Å²) in [6.45, 7) is 1.30. The van der Waals surface area contributed by atoms with Gasteiger partial charge in [0.15, 0.2) is 0 Å². The van der Waals surface area contributed by atoms with Gasteiger partial charge >= 0.3 is 11.9 Å². The largest absolute Gasteiger partial charge is 0.478 e. The van der Waals surface area contributed by atoms with Crippen molar-refractivity contribution in [2.45, 2.75) is 11.8 Å². The summed E-state index contributed by atoms with van der Waals surface area (Å²) < 4.78 is 4.89. The molecule has 0 saturated heterocycles. The van der Waals surface area contributed by atoms with Gasteiger partial charge in [-0.2, -0.15) is 0 Å². The first-order valence-electron chi connectivity index (χ1n) is 6.30. The first-order chi connectivity index (χ1) is 10.5. The molecule has 0 heterocycles. The van der Waals surface area contributed by atoms with Crippen molar-refractivity contribution < 1.29 is 24.2 Å². The molecular formula is C16H12O5S. The predicted octanol–water partition coefficient (Wildman–Crippen LogP) is 3.24. The predicted molar refractivity (Wildman–Crippen MR) is 81.3 cm³/mol. The molecule has 0 saturated carbocycles. The van der Waals surface area contributed by atoms with Crippen LogP contribution in [0.4, 0.5) is 0 Å². The van der Waals surface area contributed by atoms with Crippen LogP contribution in [-0.4, -0.2) is 22.2 Å². The Balaban J connectivity index is 2.05. The Hall–Kier alpha value is -2.60. The molecule has 1 N–H and O–H groups in total. The highest BCUT2D eigenvalue weighted by molar-refractivity contribution is 8.14. The number of rotatable bonds is 4. The van der Waals surface area contributed by atoms with Crippen LogP contribution in [0.15, 0.2) is 53.4 Å². The van der Waals surface area contributed by atoms with Gasteiger partial charge in [-0.25, -0.2) is 4.79 Å². The number of hydrogen-bond donors (Lipinski definition) is 1. The highest BCUT2D eigenvalue weighted by Gasteiger charge is 2.10. The molecule has 0 aliphatic carbocycles. The van der Waals surface area contributed by atoms with Gasteiger partial charge in [-0.1, -0.05) is 0 Å². The lowest BCUT2D eigenvalue weighted by molar-refractivity contribution is -0.131. The number of thioether (sulfide) groups is 1. The summed E-state index contributed by atoms with van der Waals surface area (Å²) in [5, 5.41) is 8.63. The van der Waals surface area contributed by atoms with Gasteiger partial charge in [0.25, 0.3) is 0 Å². The molecule has 2 rings (SSSR count). The van der Waals surface area contributed by atoms with E-state index in [1.54, 1.807) is 36.4 Å². The molecule has 0 atom stereocenters. The van der Waals surface area contributed by atoms with Gasteiger partial charge in [0.05, 0.1) is 5.56 Å². The molecule has 2 aromatic rings. The summed E-state index contributed by atoms with van der Waals surface area (Å²) >= 11 is 0.997. The molecule has 0 bridgehead atoms. The number of benzene rings is 2. The zero-order chi connectivity index (χ0) is 16.1. The van der Waals surface area contributed by atoms with E-state index in [2.05, 4.69) is 0 Å². The summed E-state index contributed by atoms with van der Waals surface area (Å²) in [6.07, 6.45) is 0. The number of hydrogen-bond acceptors (Lipinski definition) is 5. The lowest BCUT2D eigenvalue weighted by atomic mass is 10.2. The molecule has 0 fully saturated rings. The fraction of sp³-hybridized carbons (Fsp3) is 0.0625. The standard InChI is InChI=1S/C16H12O5S/c1-10(17)21-13-6-2-12(3-7-13)16(20)22-14-8-4-11(5-9-14)15(18)19/h2-9H,1H3,(H,18,19). The second kappa shape index (κ2) is 6.91. The van der Waals surface area contributed by atoms with E-state index in [1.807, 2.05) is 0 Å². The van der Waals surface area contributed by atoms with Crippen LogP contribution >= 0.6 is 11.8 Å². The third-order valence-corrected chi connectivity index (χ3v) is 3.59. The Morgan fingerprint density at radius 3 is 1.95 bits per heavy atom. The molecule has 22 heavy (non-hydrogen) atoms. The van der Waals surface area contributed by atoms with Crippen LogP contribution < -0.4 is 4.74 Å². The molecule has 0 radical (unpaired) electrons. The van der Waals surface area contributed by atoms with Gasteiger partial charge in [0.2, 0.25) is 5.12 Å². The molecule has 2 aromatic carbocycles. The van der Waals surface area contributed by atoms with Gasteiger partial charge in [-0.05, 0) is 60.3 Å². The summed E-state index contributed by atoms with van der Waals surface area (Å²) in [7, 11) is 0. The van der Waals surface area contributed by atoms with E-state index in [0.717, 1.165) is 11.8 Å². The molecule has 0 aliphatic heterocycles. The molecule has 0 aromatic heterocycles. The minimum atomic E-state index is -1.01. The van der Waals surface area contributed by atoms with Crippen LogP contribution in [0.1, 0.15) is 27.6 Å². The Bertz CT molecular complexity index is 704. The van der Waals surface area contributed by atoms with Gasteiger partial charge in [-0.15, -0.1) is 0 Å². The second-order valence-electron chi connectivity index (χ2n) is 4.34. The number of carboxylic acids is 1. The van der Waals surface area contributed by atoms with Crippen molar-refractivity contribution in [1.82, 2.24) is 0 Å². The Morgan fingerprint density at radius 2 is 1.45 bits per heavy atom. The van der Waals surface area contributed by atoms with E-state index < -0.39 is 11.9 Å². The van der Waals surface area contributed by atoms with Gasteiger partial charge in [0, 0.05) is 17.4 Å². The molecule has 112 valence electrons. The normalized spacial score (nSPS) is 10.0. The van der Waals surface area contributed by atoms with Crippen molar-refractivity contribution in [2.24, 2.45) is 0 Å². The van der Waals surface area contributed by atoms with E-state index in [0.29, 0.717) is 16.2 Å². The minimum Gasteiger partial charge on any atom is -0.478 e. The lowest BCUT2D eigenvalue weighted by Crippen LogP contribution is -2.01. The number of carbonyl (C=O) groups excluding carboxylic acids is 2. The van der Waals surface area contributed by atoms with E-state index in [9.17, 15) is 14.4 Å². The number of ether oxygens (including phenoxy) is 1. The molecule has 5 nitrogen and oxygen atoms in total. The number of carboxylic acid groups (broad SMARTS) is 1. The highest BCUT2D eigenvalue weighted by Crippen LogP contribution is 2.24. The van der Waals surface area contributed by atoms with Crippen molar-refractivity contribution in [1.29, 1.82) is 0 Å². The van der Waals surface area contributed by atoms with Gasteiger partial charge in [-0.3, -0.25) is 9.59 Å². The SMILES string of the molecule is CC(=O)Oc1ccc(C(=O)Sc2ccc(C(=O)O)cc2)cc1. The topological polar surface area (TPSA) is 80.7 Å².